The summed E-state index contributed by atoms with van der Waals surface area (Å²) in [6, 6.07) is 1.89. The zero-order valence-corrected chi connectivity index (χ0v) is 13.4. The molecular weight excluding hydrogens is 314 g/mol. The fraction of sp³-hybridized carbons (Fsp3) is 0.615. The van der Waals surface area contributed by atoms with Gasteiger partial charge >= 0.3 is 0 Å². The molecule has 1 fully saturated rings. The average Bonchev–Trinajstić information content (AvgIpc) is 2.22. The fourth-order valence-corrected chi connectivity index (χ4v) is 3.31. The monoisotopic (exact) mass is 331 g/mol. The van der Waals surface area contributed by atoms with E-state index in [2.05, 4.69) is 51.9 Å². The first-order valence-electron chi connectivity index (χ1n) is 6.14. The summed E-state index contributed by atoms with van der Waals surface area (Å²) < 4.78 is 0.913. The highest BCUT2D eigenvalue weighted by molar-refractivity contribution is 9.10. The molecule has 1 aliphatic rings. The van der Waals surface area contributed by atoms with Crippen LogP contribution in [0.2, 0.25) is 5.02 Å². The first-order valence-corrected chi connectivity index (χ1v) is 7.31. The Morgan fingerprint density at radius 1 is 1.39 bits per heavy atom. The zero-order chi connectivity index (χ0) is 13.3. The van der Waals surface area contributed by atoms with Gasteiger partial charge in [0, 0.05) is 29.8 Å². The molecule has 2 rings (SSSR count). The summed E-state index contributed by atoms with van der Waals surface area (Å²) in [5.74, 6) is 0.855. The van der Waals surface area contributed by atoms with Gasteiger partial charge in [0.05, 0.1) is 5.02 Å². The van der Waals surface area contributed by atoms with Crippen LogP contribution in [0.15, 0.2) is 16.7 Å². The molecule has 1 heterocycles. The van der Waals surface area contributed by atoms with Crippen molar-refractivity contribution in [3.8, 4) is 0 Å². The summed E-state index contributed by atoms with van der Waals surface area (Å²) in [4.78, 5) is 8.90. The van der Waals surface area contributed by atoms with Crippen molar-refractivity contribution in [1.29, 1.82) is 0 Å². The summed E-state index contributed by atoms with van der Waals surface area (Å²) in [5.41, 5.74) is 0.285. The molecule has 0 aliphatic heterocycles. The standard InChI is InChI=1S/C13H19BrClN3/c1-17(2)13(5-4-6-13)9-18(3)12-11(15)7-10(14)8-16-12/h7-8H,4-6,9H2,1-3H3. The first kappa shape index (κ1) is 14.1. The number of rotatable bonds is 4. The predicted molar refractivity (Wildman–Crippen MR) is 80.5 cm³/mol. The van der Waals surface area contributed by atoms with Gasteiger partial charge in [-0.2, -0.15) is 0 Å². The highest BCUT2D eigenvalue weighted by Crippen LogP contribution is 2.38. The molecule has 0 radical (unpaired) electrons. The Kier molecular flexibility index (Phi) is 4.19. The zero-order valence-electron chi connectivity index (χ0n) is 11.1. The minimum Gasteiger partial charge on any atom is -0.357 e. The summed E-state index contributed by atoms with van der Waals surface area (Å²) in [7, 11) is 6.37. The largest absolute Gasteiger partial charge is 0.357 e. The minimum absolute atomic E-state index is 0.285. The van der Waals surface area contributed by atoms with E-state index in [1.54, 1.807) is 6.20 Å². The van der Waals surface area contributed by atoms with E-state index in [0.717, 1.165) is 16.8 Å². The highest BCUT2D eigenvalue weighted by Gasteiger charge is 2.40. The van der Waals surface area contributed by atoms with Gasteiger partial charge in [0.15, 0.2) is 0 Å². The average molecular weight is 333 g/mol. The molecule has 1 aliphatic carbocycles. The van der Waals surface area contributed by atoms with Crippen LogP contribution in [-0.2, 0) is 0 Å². The highest BCUT2D eigenvalue weighted by atomic mass is 79.9. The summed E-state index contributed by atoms with van der Waals surface area (Å²) in [5, 5.41) is 0.695. The number of anilines is 1. The molecule has 1 aromatic rings. The van der Waals surface area contributed by atoms with Gasteiger partial charge in [-0.25, -0.2) is 4.98 Å². The lowest BCUT2D eigenvalue weighted by Crippen LogP contribution is -2.56. The van der Waals surface area contributed by atoms with E-state index in [0.29, 0.717) is 5.02 Å². The summed E-state index contributed by atoms with van der Waals surface area (Å²) in [6.45, 7) is 0.967. The predicted octanol–water partition coefficient (Wildman–Crippen LogP) is 3.42. The van der Waals surface area contributed by atoms with Crippen LogP contribution in [0.4, 0.5) is 5.82 Å². The third-order valence-electron chi connectivity index (χ3n) is 3.91. The van der Waals surface area contributed by atoms with Crippen molar-refractivity contribution >= 4 is 33.3 Å². The third kappa shape index (κ3) is 2.65. The topological polar surface area (TPSA) is 19.4 Å². The molecule has 0 N–H and O–H groups in total. The number of hydrogen-bond donors (Lipinski definition) is 0. The third-order valence-corrected chi connectivity index (χ3v) is 4.63. The van der Waals surface area contributed by atoms with Gasteiger partial charge in [-0.15, -0.1) is 0 Å². The Hall–Kier alpha value is -0.320. The van der Waals surface area contributed by atoms with E-state index in [9.17, 15) is 0 Å². The second kappa shape index (κ2) is 5.35. The van der Waals surface area contributed by atoms with E-state index < -0.39 is 0 Å². The van der Waals surface area contributed by atoms with Gasteiger partial charge in [-0.05, 0) is 55.4 Å². The Bertz CT molecular complexity index is 432. The summed E-state index contributed by atoms with van der Waals surface area (Å²) in [6.07, 6.45) is 5.60. The quantitative estimate of drug-likeness (QED) is 0.842. The van der Waals surface area contributed by atoms with Crippen molar-refractivity contribution in [2.75, 3.05) is 32.6 Å². The maximum absolute atomic E-state index is 6.25. The van der Waals surface area contributed by atoms with Gasteiger partial charge in [-0.1, -0.05) is 11.6 Å². The molecule has 5 heteroatoms. The van der Waals surface area contributed by atoms with Gasteiger partial charge in [0.25, 0.3) is 0 Å². The molecular formula is C13H19BrClN3. The lowest BCUT2D eigenvalue weighted by atomic mass is 9.75. The van der Waals surface area contributed by atoms with Crippen molar-refractivity contribution in [1.82, 2.24) is 9.88 Å². The Labute approximate surface area is 122 Å². The Morgan fingerprint density at radius 3 is 2.50 bits per heavy atom. The molecule has 0 amide bonds. The molecule has 0 unspecified atom stereocenters. The second-order valence-corrected chi connectivity index (χ2v) is 6.61. The Morgan fingerprint density at radius 2 is 2.06 bits per heavy atom. The van der Waals surface area contributed by atoms with Crippen molar-refractivity contribution < 1.29 is 0 Å². The summed E-state index contributed by atoms with van der Waals surface area (Å²) >= 11 is 9.63. The molecule has 0 atom stereocenters. The molecule has 18 heavy (non-hydrogen) atoms. The molecule has 3 nitrogen and oxygen atoms in total. The van der Waals surface area contributed by atoms with Crippen LogP contribution >= 0.6 is 27.5 Å². The number of nitrogens with zero attached hydrogens (tertiary/aromatic N) is 3. The lowest BCUT2D eigenvalue weighted by molar-refractivity contribution is 0.0682. The van der Waals surface area contributed by atoms with E-state index in [4.69, 9.17) is 11.6 Å². The number of halogens is 2. The van der Waals surface area contributed by atoms with Crippen LogP contribution in [-0.4, -0.2) is 43.1 Å². The van der Waals surface area contributed by atoms with Crippen LogP contribution in [0, 0.1) is 0 Å². The second-order valence-electron chi connectivity index (χ2n) is 5.29. The van der Waals surface area contributed by atoms with Gasteiger partial charge in [-0.3, -0.25) is 0 Å². The fourth-order valence-electron chi connectivity index (χ4n) is 2.54. The number of hydrogen-bond acceptors (Lipinski definition) is 3. The van der Waals surface area contributed by atoms with E-state index in [1.807, 2.05) is 6.07 Å². The molecule has 0 bridgehead atoms. The SMILES string of the molecule is CN(CC1(N(C)C)CCC1)c1ncc(Br)cc1Cl. The van der Waals surface area contributed by atoms with Crippen LogP contribution in [0.1, 0.15) is 19.3 Å². The molecule has 0 saturated heterocycles. The molecule has 1 aromatic heterocycles. The number of likely N-dealkylation sites (N-methyl/N-ethyl adjacent to an activating group) is 2. The molecule has 100 valence electrons. The van der Waals surface area contributed by atoms with Crippen LogP contribution < -0.4 is 4.90 Å². The Balaban J connectivity index is 2.14. The minimum atomic E-state index is 0.285. The maximum Gasteiger partial charge on any atom is 0.147 e. The van der Waals surface area contributed by atoms with E-state index >= 15 is 0 Å². The van der Waals surface area contributed by atoms with Crippen LogP contribution in [0.25, 0.3) is 0 Å². The molecule has 0 spiro atoms. The molecule has 0 aromatic carbocycles. The van der Waals surface area contributed by atoms with Crippen LogP contribution in [0.3, 0.4) is 0 Å². The first-order chi connectivity index (χ1) is 8.44. The number of aromatic nitrogens is 1. The molecule has 1 saturated carbocycles. The lowest BCUT2D eigenvalue weighted by Gasteiger charge is -2.49. The normalized spacial score (nSPS) is 17.7. The van der Waals surface area contributed by atoms with Crippen molar-refractivity contribution in [2.45, 2.75) is 24.8 Å². The van der Waals surface area contributed by atoms with Crippen molar-refractivity contribution in [3.63, 3.8) is 0 Å². The van der Waals surface area contributed by atoms with Gasteiger partial charge < -0.3 is 9.80 Å². The smallest absolute Gasteiger partial charge is 0.147 e. The van der Waals surface area contributed by atoms with Gasteiger partial charge in [0.2, 0.25) is 0 Å². The van der Waals surface area contributed by atoms with E-state index in [-0.39, 0.29) is 5.54 Å². The maximum atomic E-state index is 6.25. The van der Waals surface area contributed by atoms with E-state index in [1.165, 1.54) is 19.3 Å². The van der Waals surface area contributed by atoms with Crippen molar-refractivity contribution in [2.24, 2.45) is 0 Å². The van der Waals surface area contributed by atoms with Gasteiger partial charge in [0.1, 0.15) is 5.82 Å². The van der Waals surface area contributed by atoms with Crippen molar-refractivity contribution in [3.05, 3.63) is 21.8 Å². The number of pyridine rings is 1. The van der Waals surface area contributed by atoms with Crippen LogP contribution in [0.5, 0.6) is 0 Å².